The van der Waals surface area contributed by atoms with E-state index in [1.807, 2.05) is 39.8 Å². The van der Waals surface area contributed by atoms with Crippen molar-refractivity contribution in [1.82, 2.24) is 4.90 Å². The van der Waals surface area contributed by atoms with Gasteiger partial charge in [0.15, 0.2) is 0 Å². The second-order valence-electron chi connectivity index (χ2n) is 13.6. The summed E-state index contributed by atoms with van der Waals surface area (Å²) < 4.78 is 53.9. The smallest absolute Gasteiger partial charge is 0.497 e. The van der Waals surface area contributed by atoms with Gasteiger partial charge < -0.3 is 34.2 Å². The molecule has 1 aliphatic carbocycles. The Morgan fingerprint density at radius 3 is 2.27 bits per heavy atom. The molecule has 6 rings (SSSR count). The van der Waals surface area contributed by atoms with Gasteiger partial charge in [0, 0.05) is 53.5 Å². The van der Waals surface area contributed by atoms with E-state index in [4.69, 9.17) is 25.9 Å². The highest BCUT2D eigenvalue weighted by atomic mass is 35.5. The summed E-state index contributed by atoms with van der Waals surface area (Å²) in [5.74, 6) is -0.172. The number of benzene rings is 3. The molecule has 1 atom stereocenters. The van der Waals surface area contributed by atoms with Crippen LogP contribution in [0.1, 0.15) is 63.3 Å². The first-order valence-corrected chi connectivity index (χ1v) is 16.9. The molecule has 51 heavy (non-hydrogen) atoms. The van der Waals surface area contributed by atoms with E-state index in [-0.39, 0.29) is 17.1 Å². The first kappa shape index (κ1) is 37.8. The molecule has 2 fully saturated rings. The number of nitrogens with one attached hydrogen (secondary N) is 1. The van der Waals surface area contributed by atoms with Gasteiger partial charge >= 0.3 is 6.36 Å². The van der Waals surface area contributed by atoms with Crippen molar-refractivity contribution in [2.24, 2.45) is 5.16 Å². The van der Waals surface area contributed by atoms with Gasteiger partial charge in [0.2, 0.25) is 6.41 Å². The minimum absolute atomic E-state index is 0.268. The number of nitrogens with zero attached hydrogens (tertiary/aromatic N) is 3. The minimum atomic E-state index is -4.85. The zero-order valence-corrected chi connectivity index (χ0v) is 29.9. The van der Waals surface area contributed by atoms with E-state index in [0.29, 0.717) is 58.7 Å². The maximum absolute atomic E-state index is 14.4. The van der Waals surface area contributed by atoms with Crippen LogP contribution in [0.25, 0.3) is 0 Å². The van der Waals surface area contributed by atoms with Crippen molar-refractivity contribution in [1.29, 1.82) is 0 Å². The standard InChI is InChI=1S/C32H33ClF3N3O4.C5H9NO2/c1-19(38-43-30(2,3)4)21-14-23(16-25(15-21)41-5)37-28(20-6-8-22(33)9-7-20)29(40)39-18-31(12-13-31)26-11-10-24(17-27(26)39)42-32(34,35)36;7-5-6-1-3-8-4-2-6/h6-11,14-17,28,37H,12-13,18H2,1-5H3;5H,1-4H2/b38-19+;. The second-order valence-corrected chi connectivity index (χ2v) is 14.1. The molecule has 1 unspecified atom stereocenters. The number of morpholine rings is 1. The van der Waals surface area contributed by atoms with Crippen molar-refractivity contribution in [2.45, 2.75) is 64.0 Å². The predicted molar refractivity (Wildman–Crippen MR) is 189 cm³/mol. The molecule has 1 saturated heterocycles. The lowest BCUT2D eigenvalue weighted by Crippen LogP contribution is -2.38. The Bertz CT molecular complexity index is 1740. The molecule has 0 aromatic heterocycles. The molecule has 1 spiro atoms. The summed E-state index contributed by atoms with van der Waals surface area (Å²) >= 11 is 6.16. The van der Waals surface area contributed by atoms with Crippen LogP contribution in [-0.2, 0) is 24.6 Å². The topological polar surface area (TPSA) is 102 Å². The van der Waals surface area contributed by atoms with Gasteiger partial charge in [-0.1, -0.05) is 35.0 Å². The molecule has 3 aliphatic rings. The lowest BCUT2D eigenvalue weighted by Gasteiger charge is -2.27. The lowest BCUT2D eigenvalue weighted by atomic mass is 9.99. The fraction of sp³-hybridized carbons (Fsp3) is 0.432. The first-order valence-electron chi connectivity index (χ1n) is 16.5. The van der Waals surface area contributed by atoms with Crippen molar-refractivity contribution in [2.75, 3.05) is 50.2 Å². The number of anilines is 2. The lowest BCUT2D eigenvalue weighted by molar-refractivity contribution is -0.274. The predicted octanol–water partition coefficient (Wildman–Crippen LogP) is 7.49. The molecular formula is C37H42ClF3N4O6. The number of methoxy groups -OCH3 is 1. The van der Waals surface area contributed by atoms with E-state index in [1.54, 1.807) is 53.3 Å². The Kier molecular flexibility index (Phi) is 11.4. The van der Waals surface area contributed by atoms with Crippen LogP contribution in [0.3, 0.4) is 0 Å². The third kappa shape index (κ3) is 9.85. The molecular weight excluding hydrogens is 689 g/mol. The molecule has 2 heterocycles. The molecule has 3 aromatic rings. The SMILES string of the molecule is COc1cc(NC(C(=O)N2CC3(CC3)c3ccc(OC(F)(F)F)cc32)c2ccc(Cl)cc2)cc(/C(C)=N/OC(C)(C)C)c1.O=CN1CCOCC1. The van der Waals surface area contributed by atoms with Crippen molar-refractivity contribution < 1.29 is 41.8 Å². The number of alkyl halides is 3. The summed E-state index contributed by atoms with van der Waals surface area (Å²) in [6.07, 6.45) is -2.30. The highest BCUT2D eigenvalue weighted by molar-refractivity contribution is 6.30. The van der Waals surface area contributed by atoms with Crippen molar-refractivity contribution in [3.05, 3.63) is 82.4 Å². The number of oxime groups is 1. The summed E-state index contributed by atoms with van der Waals surface area (Å²) in [4.78, 5) is 33.3. The van der Waals surface area contributed by atoms with Crippen LogP contribution in [0, 0.1) is 0 Å². The molecule has 3 aromatic carbocycles. The van der Waals surface area contributed by atoms with Crippen LogP contribution in [-0.4, -0.2) is 74.9 Å². The van der Waals surface area contributed by atoms with Gasteiger partial charge in [-0.3, -0.25) is 9.59 Å². The Balaban J connectivity index is 0.000000556. The highest BCUT2D eigenvalue weighted by Crippen LogP contribution is 2.57. The van der Waals surface area contributed by atoms with Crippen LogP contribution in [0.2, 0.25) is 5.02 Å². The number of amides is 2. The van der Waals surface area contributed by atoms with Gasteiger partial charge in [0.05, 0.1) is 31.7 Å². The third-order valence-corrected chi connectivity index (χ3v) is 8.87. The van der Waals surface area contributed by atoms with Crippen LogP contribution in [0.15, 0.2) is 65.8 Å². The molecule has 2 aliphatic heterocycles. The molecule has 0 bridgehead atoms. The molecule has 10 nitrogen and oxygen atoms in total. The fourth-order valence-corrected chi connectivity index (χ4v) is 5.97. The maximum Gasteiger partial charge on any atom is 0.573 e. The van der Waals surface area contributed by atoms with E-state index in [2.05, 4.69) is 15.2 Å². The molecule has 274 valence electrons. The molecule has 1 N–H and O–H groups in total. The Labute approximate surface area is 300 Å². The number of carbonyl (C=O) groups excluding carboxylic acids is 2. The van der Waals surface area contributed by atoms with Crippen molar-refractivity contribution in [3.8, 4) is 11.5 Å². The molecule has 1 saturated carbocycles. The van der Waals surface area contributed by atoms with Crippen LogP contribution in [0.4, 0.5) is 24.5 Å². The summed E-state index contributed by atoms with van der Waals surface area (Å²) in [5.41, 5.74) is 3.03. The van der Waals surface area contributed by atoms with Gasteiger partial charge in [0.1, 0.15) is 23.1 Å². The summed E-state index contributed by atoms with van der Waals surface area (Å²) in [6.45, 7) is 10.7. The Morgan fingerprint density at radius 2 is 1.71 bits per heavy atom. The first-order chi connectivity index (χ1) is 24.1. The quantitative estimate of drug-likeness (QED) is 0.138. The summed E-state index contributed by atoms with van der Waals surface area (Å²) in [7, 11) is 1.54. The molecule has 0 radical (unpaired) electrons. The Morgan fingerprint density at radius 1 is 1.02 bits per heavy atom. The van der Waals surface area contributed by atoms with E-state index in [1.165, 1.54) is 12.1 Å². The number of fused-ring (bicyclic) bond motifs is 2. The summed E-state index contributed by atoms with van der Waals surface area (Å²) in [6, 6.07) is 15.6. The monoisotopic (exact) mass is 730 g/mol. The van der Waals surface area contributed by atoms with E-state index >= 15 is 0 Å². The van der Waals surface area contributed by atoms with Crippen LogP contribution >= 0.6 is 11.6 Å². The Hall–Kier alpha value is -4.49. The maximum atomic E-state index is 14.4. The van der Waals surface area contributed by atoms with Crippen LogP contribution in [0.5, 0.6) is 11.5 Å². The number of rotatable bonds is 9. The van der Waals surface area contributed by atoms with E-state index in [9.17, 15) is 22.8 Å². The van der Waals surface area contributed by atoms with Gasteiger partial charge in [-0.15, -0.1) is 13.2 Å². The largest absolute Gasteiger partial charge is 0.573 e. The summed E-state index contributed by atoms with van der Waals surface area (Å²) in [5, 5.41) is 8.11. The van der Waals surface area contributed by atoms with Gasteiger partial charge in [0.25, 0.3) is 5.91 Å². The van der Waals surface area contributed by atoms with Crippen molar-refractivity contribution >= 4 is 41.0 Å². The zero-order valence-electron chi connectivity index (χ0n) is 29.2. The fourth-order valence-electron chi connectivity index (χ4n) is 5.84. The van der Waals surface area contributed by atoms with Crippen molar-refractivity contribution in [3.63, 3.8) is 0 Å². The van der Waals surface area contributed by atoms with Gasteiger partial charge in [-0.2, -0.15) is 0 Å². The molecule has 2 amide bonds. The van der Waals surface area contributed by atoms with E-state index in [0.717, 1.165) is 37.9 Å². The highest BCUT2D eigenvalue weighted by Gasteiger charge is 2.54. The third-order valence-electron chi connectivity index (χ3n) is 8.62. The number of hydrogen-bond donors (Lipinski definition) is 1. The van der Waals surface area contributed by atoms with Gasteiger partial charge in [-0.05, 0) is 82.0 Å². The number of carbonyl (C=O) groups is 2. The number of halogens is 4. The number of hydrogen-bond acceptors (Lipinski definition) is 8. The van der Waals surface area contributed by atoms with Crippen LogP contribution < -0.4 is 19.7 Å². The van der Waals surface area contributed by atoms with E-state index < -0.39 is 18.0 Å². The normalized spacial score (nSPS) is 17.2. The number of ether oxygens (including phenoxy) is 3. The average Bonchev–Trinajstić information content (AvgIpc) is 3.81. The second kappa shape index (κ2) is 15.4. The van der Waals surface area contributed by atoms with Gasteiger partial charge in [-0.25, -0.2) is 0 Å². The molecule has 14 heteroatoms. The zero-order chi connectivity index (χ0) is 37.0. The minimum Gasteiger partial charge on any atom is -0.497 e. The average molecular weight is 731 g/mol.